The molecule has 0 aliphatic carbocycles. The lowest BCUT2D eigenvalue weighted by Gasteiger charge is -2.20. The van der Waals surface area contributed by atoms with Gasteiger partial charge in [0.2, 0.25) is 0 Å². The first-order valence-corrected chi connectivity index (χ1v) is 5.81. The number of halogens is 1. The molecule has 0 saturated carbocycles. The number of hydrogen-bond acceptors (Lipinski definition) is 3. The van der Waals surface area contributed by atoms with Gasteiger partial charge in [0.15, 0.2) is 0 Å². The number of nitrogens with zero attached hydrogens (tertiary/aromatic N) is 1. The van der Waals surface area contributed by atoms with Crippen LogP contribution in [0.15, 0.2) is 12.1 Å². The van der Waals surface area contributed by atoms with E-state index in [1.807, 2.05) is 6.07 Å². The molecule has 0 saturated heterocycles. The van der Waals surface area contributed by atoms with E-state index < -0.39 is 11.7 Å². The van der Waals surface area contributed by atoms with Crippen LogP contribution in [-0.4, -0.2) is 11.7 Å². The zero-order chi connectivity index (χ0) is 13.9. The van der Waals surface area contributed by atoms with Gasteiger partial charge in [-0.1, -0.05) is 11.6 Å². The van der Waals surface area contributed by atoms with E-state index in [9.17, 15) is 4.79 Å². The first-order valence-electron chi connectivity index (χ1n) is 5.44. The number of carbonyl (C=O) groups is 1. The van der Waals surface area contributed by atoms with Crippen LogP contribution in [0.4, 0.5) is 10.5 Å². The minimum atomic E-state index is -0.561. The van der Waals surface area contributed by atoms with Crippen molar-refractivity contribution in [3.63, 3.8) is 0 Å². The third kappa shape index (κ3) is 3.64. The zero-order valence-corrected chi connectivity index (χ0v) is 11.6. The summed E-state index contributed by atoms with van der Waals surface area (Å²) in [6, 6.07) is 5.17. The summed E-state index contributed by atoms with van der Waals surface area (Å²) in [5.41, 5.74) is 0.993. The Bertz CT molecular complexity index is 513. The van der Waals surface area contributed by atoms with Crippen LogP contribution in [0.1, 0.15) is 31.9 Å². The van der Waals surface area contributed by atoms with Crippen molar-refractivity contribution < 1.29 is 9.53 Å². The minimum absolute atomic E-state index is 0.339. The maximum absolute atomic E-state index is 11.6. The van der Waals surface area contributed by atoms with Crippen LogP contribution in [0, 0.1) is 18.3 Å². The third-order valence-electron chi connectivity index (χ3n) is 2.14. The van der Waals surface area contributed by atoms with Crippen molar-refractivity contribution in [3.05, 3.63) is 28.3 Å². The zero-order valence-electron chi connectivity index (χ0n) is 10.8. The Morgan fingerprint density at radius 2 is 2.06 bits per heavy atom. The lowest BCUT2D eigenvalue weighted by Crippen LogP contribution is -2.27. The highest BCUT2D eigenvalue weighted by Crippen LogP contribution is 2.27. The lowest BCUT2D eigenvalue weighted by molar-refractivity contribution is 0.0636. The van der Waals surface area contributed by atoms with Crippen molar-refractivity contribution in [2.24, 2.45) is 0 Å². The summed E-state index contributed by atoms with van der Waals surface area (Å²) in [5, 5.41) is 11.8. The van der Waals surface area contributed by atoms with Crippen molar-refractivity contribution in [1.29, 1.82) is 5.26 Å². The summed E-state index contributed by atoms with van der Waals surface area (Å²) < 4.78 is 5.13. The fourth-order valence-corrected chi connectivity index (χ4v) is 1.53. The maximum atomic E-state index is 11.6. The lowest BCUT2D eigenvalue weighted by atomic mass is 10.1. The average molecular weight is 267 g/mol. The predicted octanol–water partition coefficient (Wildman–Crippen LogP) is 3.87. The number of anilines is 1. The van der Waals surface area contributed by atoms with Crippen molar-refractivity contribution in [3.8, 4) is 6.07 Å². The Kier molecular flexibility index (Phi) is 4.20. The second kappa shape index (κ2) is 5.28. The fraction of sp³-hybridized carbons (Fsp3) is 0.385. The van der Waals surface area contributed by atoms with Gasteiger partial charge >= 0.3 is 6.09 Å². The largest absolute Gasteiger partial charge is 0.444 e. The number of carbonyl (C=O) groups excluding carboxylic acids is 1. The Labute approximate surface area is 112 Å². The molecule has 1 N–H and O–H groups in total. The van der Waals surface area contributed by atoms with Crippen molar-refractivity contribution in [2.75, 3.05) is 5.32 Å². The first kappa shape index (κ1) is 14.3. The number of nitriles is 1. The molecule has 18 heavy (non-hydrogen) atoms. The van der Waals surface area contributed by atoms with Gasteiger partial charge in [-0.3, -0.25) is 5.32 Å². The van der Waals surface area contributed by atoms with Gasteiger partial charge in [0.05, 0.1) is 10.6 Å². The Balaban J connectivity index is 2.91. The average Bonchev–Trinajstić information content (AvgIpc) is 2.22. The molecule has 0 aliphatic rings. The SMILES string of the molecule is Cc1c(NC(=O)OC(C)(C)C)ccc(C#N)c1Cl. The fourth-order valence-electron chi connectivity index (χ4n) is 1.32. The Hall–Kier alpha value is -1.73. The molecule has 0 aliphatic heterocycles. The van der Waals surface area contributed by atoms with Crippen LogP contribution >= 0.6 is 11.6 Å². The minimum Gasteiger partial charge on any atom is -0.444 e. The van der Waals surface area contributed by atoms with Crippen LogP contribution in [0.5, 0.6) is 0 Å². The van der Waals surface area contributed by atoms with Crippen LogP contribution in [0.2, 0.25) is 5.02 Å². The number of rotatable bonds is 1. The van der Waals surface area contributed by atoms with Gasteiger partial charge in [0.25, 0.3) is 0 Å². The van der Waals surface area contributed by atoms with E-state index in [-0.39, 0.29) is 0 Å². The standard InChI is InChI=1S/C13H15ClN2O2/c1-8-10(6-5-9(7-15)11(8)14)16-12(17)18-13(2,3)4/h5-6H,1-4H3,(H,16,17). The summed E-state index contributed by atoms with van der Waals surface area (Å²) in [7, 11) is 0. The van der Waals surface area contributed by atoms with Crippen molar-refractivity contribution in [1.82, 2.24) is 0 Å². The summed E-state index contributed by atoms with van der Waals surface area (Å²) >= 11 is 6.00. The highest BCUT2D eigenvalue weighted by Gasteiger charge is 2.17. The van der Waals surface area contributed by atoms with Gasteiger partial charge in [0, 0.05) is 5.69 Å². The molecular formula is C13H15ClN2O2. The molecule has 96 valence electrons. The van der Waals surface area contributed by atoms with Crippen LogP contribution in [-0.2, 0) is 4.74 Å². The van der Waals surface area contributed by atoms with E-state index in [1.165, 1.54) is 0 Å². The van der Waals surface area contributed by atoms with E-state index >= 15 is 0 Å². The number of benzene rings is 1. The predicted molar refractivity (Wildman–Crippen MR) is 70.8 cm³/mol. The molecule has 0 unspecified atom stereocenters. The normalized spacial score (nSPS) is 10.7. The first-order chi connectivity index (χ1) is 8.24. The molecule has 0 spiro atoms. The van der Waals surface area contributed by atoms with E-state index in [2.05, 4.69) is 5.32 Å². The molecule has 0 radical (unpaired) electrons. The molecule has 1 amide bonds. The molecular weight excluding hydrogens is 252 g/mol. The highest BCUT2D eigenvalue weighted by atomic mass is 35.5. The maximum Gasteiger partial charge on any atom is 0.412 e. The third-order valence-corrected chi connectivity index (χ3v) is 2.63. The van der Waals surface area contributed by atoms with Crippen molar-refractivity contribution in [2.45, 2.75) is 33.3 Å². The second-order valence-electron chi connectivity index (χ2n) is 4.84. The number of amides is 1. The molecule has 0 heterocycles. The molecule has 1 aromatic carbocycles. The van der Waals surface area contributed by atoms with E-state index in [1.54, 1.807) is 39.8 Å². The number of ether oxygens (including phenoxy) is 1. The summed E-state index contributed by atoms with van der Waals surface area (Å²) in [4.78, 5) is 11.6. The van der Waals surface area contributed by atoms with Gasteiger partial charge in [-0.05, 0) is 45.4 Å². The number of hydrogen-bond donors (Lipinski definition) is 1. The molecule has 5 heteroatoms. The molecule has 0 aromatic heterocycles. The van der Waals surface area contributed by atoms with Gasteiger partial charge in [-0.25, -0.2) is 4.79 Å². The molecule has 0 fully saturated rings. The van der Waals surface area contributed by atoms with E-state index in [0.717, 1.165) is 0 Å². The van der Waals surface area contributed by atoms with Gasteiger partial charge < -0.3 is 4.74 Å². The summed E-state index contributed by atoms with van der Waals surface area (Å²) in [6.45, 7) is 7.08. The smallest absolute Gasteiger partial charge is 0.412 e. The molecule has 0 atom stereocenters. The topological polar surface area (TPSA) is 62.1 Å². The van der Waals surface area contributed by atoms with E-state index in [0.29, 0.717) is 21.8 Å². The molecule has 4 nitrogen and oxygen atoms in total. The highest BCUT2D eigenvalue weighted by molar-refractivity contribution is 6.33. The van der Waals surface area contributed by atoms with E-state index in [4.69, 9.17) is 21.6 Å². The van der Waals surface area contributed by atoms with Crippen LogP contribution in [0.25, 0.3) is 0 Å². The van der Waals surface area contributed by atoms with Gasteiger partial charge in [0.1, 0.15) is 11.7 Å². The van der Waals surface area contributed by atoms with Gasteiger partial charge in [-0.15, -0.1) is 0 Å². The molecule has 0 bridgehead atoms. The second-order valence-corrected chi connectivity index (χ2v) is 5.22. The Morgan fingerprint density at radius 3 is 2.56 bits per heavy atom. The monoisotopic (exact) mass is 266 g/mol. The summed E-state index contributed by atoms with van der Waals surface area (Å²) in [5.74, 6) is 0. The molecule has 1 aromatic rings. The van der Waals surface area contributed by atoms with Crippen LogP contribution < -0.4 is 5.32 Å². The van der Waals surface area contributed by atoms with Crippen molar-refractivity contribution >= 4 is 23.4 Å². The quantitative estimate of drug-likeness (QED) is 0.839. The molecule has 1 rings (SSSR count). The number of nitrogens with one attached hydrogen (secondary N) is 1. The Morgan fingerprint density at radius 1 is 1.44 bits per heavy atom. The van der Waals surface area contributed by atoms with Crippen LogP contribution in [0.3, 0.4) is 0 Å². The van der Waals surface area contributed by atoms with Gasteiger partial charge in [-0.2, -0.15) is 5.26 Å². The summed E-state index contributed by atoms with van der Waals surface area (Å²) in [6.07, 6.45) is -0.550.